The van der Waals surface area contributed by atoms with E-state index in [0.717, 1.165) is 51.8 Å². The molecule has 0 radical (unpaired) electrons. The molecule has 12 heteroatoms. The number of rotatable bonds is 11. The van der Waals surface area contributed by atoms with E-state index in [4.69, 9.17) is 21.4 Å². The molecule has 3 aromatic carbocycles. The van der Waals surface area contributed by atoms with Crippen molar-refractivity contribution in [1.82, 2.24) is 24.6 Å². The van der Waals surface area contributed by atoms with E-state index >= 15 is 0 Å². The van der Waals surface area contributed by atoms with Gasteiger partial charge in [0, 0.05) is 47.7 Å². The summed E-state index contributed by atoms with van der Waals surface area (Å²) in [6, 6.07) is 13.7. The number of aryl methyl sites for hydroxylation is 3. The Morgan fingerprint density at radius 3 is 2.49 bits per heavy atom. The molecule has 2 aromatic heterocycles. The SMILES string of the molecule is CCNCC.CCc1c2c(nn1C)CCCN(CC(F)F)CCn1c(C(=O)O)c(CCCOc3cccc4cc(F)ccc34)c3ccc(Cl)c-2c31. The molecule has 0 unspecified atom stereocenters. The lowest BCUT2D eigenvalue weighted by molar-refractivity contribution is 0.0677. The van der Waals surface area contributed by atoms with Crippen LogP contribution in [-0.2, 0) is 32.9 Å². The average Bonchev–Trinajstić information content (AvgIpc) is 3.57. The Hall–Kier alpha value is -4.06. The first-order valence-electron chi connectivity index (χ1n) is 17.7. The minimum atomic E-state index is -2.51. The fourth-order valence-electron chi connectivity index (χ4n) is 7.17. The summed E-state index contributed by atoms with van der Waals surface area (Å²) in [7, 11) is 1.88. The zero-order chi connectivity index (χ0) is 36.7. The second kappa shape index (κ2) is 17.4. The lowest BCUT2D eigenvalue weighted by Gasteiger charge is -2.22. The molecular weight excluding hydrogens is 679 g/mol. The molecular formula is C39H47ClF3N5O3. The number of alkyl halides is 2. The van der Waals surface area contributed by atoms with Gasteiger partial charge in [0.15, 0.2) is 0 Å². The van der Waals surface area contributed by atoms with Gasteiger partial charge in [-0.25, -0.2) is 18.0 Å². The van der Waals surface area contributed by atoms with Crippen LogP contribution in [0.5, 0.6) is 5.75 Å². The van der Waals surface area contributed by atoms with Crippen LogP contribution in [0.1, 0.15) is 61.1 Å². The number of benzene rings is 3. The van der Waals surface area contributed by atoms with Crippen LogP contribution in [0.15, 0.2) is 48.5 Å². The quantitative estimate of drug-likeness (QED) is 0.133. The van der Waals surface area contributed by atoms with Crippen molar-refractivity contribution < 1.29 is 27.8 Å². The van der Waals surface area contributed by atoms with Gasteiger partial charge in [0.1, 0.15) is 17.3 Å². The van der Waals surface area contributed by atoms with Crippen molar-refractivity contribution in [2.45, 2.75) is 65.8 Å². The number of carboxylic acid groups (broad SMARTS) is 1. The van der Waals surface area contributed by atoms with Gasteiger partial charge in [-0.05, 0) is 93.0 Å². The molecule has 8 nitrogen and oxygen atoms in total. The van der Waals surface area contributed by atoms with E-state index in [2.05, 4.69) is 19.2 Å². The van der Waals surface area contributed by atoms with Crippen molar-refractivity contribution >= 4 is 39.2 Å². The lowest BCUT2D eigenvalue weighted by Crippen LogP contribution is -2.33. The first-order valence-corrected chi connectivity index (χ1v) is 18.1. The molecule has 0 bridgehead atoms. The fourth-order valence-corrected chi connectivity index (χ4v) is 7.42. The summed E-state index contributed by atoms with van der Waals surface area (Å²) in [5.41, 5.74) is 4.86. The Morgan fingerprint density at radius 1 is 1.04 bits per heavy atom. The molecule has 0 spiro atoms. The van der Waals surface area contributed by atoms with E-state index in [0.29, 0.717) is 67.1 Å². The van der Waals surface area contributed by atoms with Crippen molar-refractivity contribution in [1.29, 1.82) is 0 Å². The summed E-state index contributed by atoms with van der Waals surface area (Å²) < 4.78 is 50.6. The van der Waals surface area contributed by atoms with E-state index in [9.17, 15) is 23.1 Å². The molecule has 51 heavy (non-hydrogen) atoms. The van der Waals surface area contributed by atoms with Crippen LogP contribution in [0.25, 0.3) is 32.8 Å². The molecule has 2 N–H and O–H groups in total. The number of carbonyl (C=O) groups is 1. The van der Waals surface area contributed by atoms with E-state index in [-0.39, 0.29) is 24.6 Å². The molecule has 274 valence electrons. The van der Waals surface area contributed by atoms with Crippen molar-refractivity contribution in [3.05, 3.63) is 82.0 Å². The van der Waals surface area contributed by atoms with Crippen molar-refractivity contribution in [2.75, 3.05) is 39.3 Å². The van der Waals surface area contributed by atoms with E-state index in [1.54, 1.807) is 15.5 Å². The predicted octanol–water partition coefficient (Wildman–Crippen LogP) is 8.39. The molecule has 0 saturated carbocycles. The molecule has 0 saturated heterocycles. The summed E-state index contributed by atoms with van der Waals surface area (Å²) in [5, 5.41) is 21.3. The number of hydrogen-bond acceptors (Lipinski definition) is 5. The lowest BCUT2D eigenvalue weighted by atomic mass is 9.96. The highest BCUT2D eigenvalue weighted by atomic mass is 35.5. The number of nitrogens with one attached hydrogen (secondary N) is 1. The summed E-state index contributed by atoms with van der Waals surface area (Å²) >= 11 is 6.98. The van der Waals surface area contributed by atoms with E-state index in [1.165, 1.54) is 12.1 Å². The first kappa shape index (κ1) is 38.2. The molecule has 0 amide bonds. The second-order valence-corrected chi connectivity index (χ2v) is 13.1. The third kappa shape index (κ3) is 8.54. The minimum Gasteiger partial charge on any atom is -0.493 e. The van der Waals surface area contributed by atoms with Gasteiger partial charge in [-0.1, -0.05) is 50.6 Å². The van der Waals surface area contributed by atoms with Crippen LogP contribution in [0, 0.1) is 5.82 Å². The van der Waals surface area contributed by atoms with Crippen LogP contribution < -0.4 is 10.1 Å². The smallest absolute Gasteiger partial charge is 0.352 e. The molecule has 6 rings (SSSR count). The Labute approximate surface area is 302 Å². The monoisotopic (exact) mass is 725 g/mol. The highest BCUT2D eigenvalue weighted by Gasteiger charge is 2.30. The number of nitrogens with zero attached hydrogens (tertiary/aromatic N) is 4. The van der Waals surface area contributed by atoms with Gasteiger partial charge in [0.25, 0.3) is 6.43 Å². The van der Waals surface area contributed by atoms with Gasteiger partial charge < -0.3 is 19.7 Å². The molecule has 1 aliphatic rings. The van der Waals surface area contributed by atoms with Crippen molar-refractivity contribution in [2.24, 2.45) is 7.05 Å². The standard InChI is InChI=1S/C35H36ClF3N4O3.C4H11N/c1-3-28-32-27(40-41(28)2)9-5-15-42(20-30(38)39)16-17-43-33-25(13-14-26(36)31(32)33)24(34(43)35(44)45)8-6-18-46-29-10-4-7-21-19-22(37)11-12-23(21)29;1-3-5-4-2/h4,7,10-14,19,30H,3,5-6,8-9,15-18,20H2,1-2H3,(H,44,45);5H,3-4H2,1-2H3. The number of carboxylic acids is 1. The fraction of sp³-hybridized carbons (Fsp3) is 0.436. The maximum Gasteiger partial charge on any atom is 0.352 e. The maximum absolute atomic E-state index is 13.8. The third-order valence-electron chi connectivity index (χ3n) is 9.36. The van der Waals surface area contributed by atoms with Crippen LogP contribution >= 0.6 is 11.6 Å². The number of halogens is 4. The molecule has 3 heterocycles. The Bertz CT molecular complexity index is 1970. The Balaban J connectivity index is 0.000000943. The zero-order valence-electron chi connectivity index (χ0n) is 29.7. The average molecular weight is 726 g/mol. The number of hydrogen-bond donors (Lipinski definition) is 2. The Morgan fingerprint density at radius 2 is 1.80 bits per heavy atom. The summed E-state index contributed by atoms with van der Waals surface area (Å²) in [5.74, 6) is -0.797. The van der Waals surface area contributed by atoms with Gasteiger partial charge in [-0.2, -0.15) is 5.10 Å². The number of aromatic carboxylic acids is 1. The summed E-state index contributed by atoms with van der Waals surface area (Å²) in [6.07, 6.45) is 0.278. The van der Waals surface area contributed by atoms with Crippen LogP contribution in [0.3, 0.4) is 0 Å². The van der Waals surface area contributed by atoms with Crippen LogP contribution in [-0.4, -0.2) is 76.1 Å². The van der Waals surface area contributed by atoms with Crippen molar-refractivity contribution in [3.63, 3.8) is 0 Å². The highest BCUT2D eigenvalue weighted by Crippen LogP contribution is 2.43. The molecule has 0 fully saturated rings. The van der Waals surface area contributed by atoms with Gasteiger partial charge in [-0.3, -0.25) is 9.58 Å². The molecule has 1 aliphatic heterocycles. The summed E-state index contributed by atoms with van der Waals surface area (Å²) in [6.45, 7) is 9.24. The van der Waals surface area contributed by atoms with Gasteiger partial charge in [0.2, 0.25) is 0 Å². The minimum absolute atomic E-state index is 0.124. The zero-order valence-corrected chi connectivity index (χ0v) is 30.5. The predicted molar refractivity (Wildman–Crippen MR) is 198 cm³/mol. The number of fused-ring (bicyclic) bond motifs is 3. The normalized spacial score (nSPS) is 13.6. The van der Waals surface area contributed by atoms with Crippen LogP contribution in [0.4, 0.5) is 13.2 Å². The largest absolute Gasteiger partial charge is 0.493 e. The highest BCUT2D eigenvalue weighted by molar-refractivity contribution is 6.35. The van der Waals surface area contributed by atoms with E-state index in [1.807, 2.05) is 49.0 Å². The van der Waals surface area contributed by atoms with Gasteiger partial charge in [0.05, 0.1) is 29.4 Å². The maximum atomic E-state index is 13.8. The topological polar surface area (TPSA) is 84.6 Å². The number of ether oxygens (including phenoxy) is 1. The van der Waals surface area contributed by atoms with Gasteiger partial charge in [-0.15, -0.1) is 0 Å². The summed E-state index contributed by atoms with van der Waals surface area (Å²) in [4.78, 5) is 14.7. The van der Waals surface area contributed by atoms with Crippen LogP contribution in [0.2, 0.25) is 5.02 Å². The molecule has 0 aliphatic carbocycles. The third-order valence-corrected chi connectivity index (χ3v) is 9.67. The number of aromatic nitrogens is 3. The first-order chi connectivity index (χ1) is 24.6. The molecule has 0 atom stereocenters. The van der Waals surface area contributed by atoms with E-state index < -0.39 is 18.9 Å². The Kier molecular flexibility index (Phi) is 13.1. The van der Waals surface area contributed by atoms with Gasteiger partial charge >= 0.3 is 5.97 Å². The second-order valence-electron chi connectivity index (χ2n) is 12.7. The van der Waals surface area contributed by atoms with Crippen molar-refractivity contribution in [3.8, 4) is 16.9 Å². The molecule has 5 aromatic rings.